The number of sulfonamides is 1. The zero-order valence-corrected chi connectivity index (χ0v) is 12.4. The van der Waals surface area contributed by atoms with Crippen LogP contribution in [0.5, 0.6) is 0 Å². The van der Waals surface area contributed by atoms with Crippen LogP contribution in [0.15, 0.2) is 17.0 Å². The van der Waals surface area contributed by atoms with Crippen molar-refractivity contribution in [3.63, 3.8) is 0 Å². The van der Waals surface area contributed by atoms with Gasteiger partial charge in [-0.3, -0.25) is 0 Å². The van der Waals surface area contributed by atoms with E-state index in [4.69, 9.17) is 0 Å². The van der Waals surface area contributed by atoms with Gasteiger partial charge in [0.05, 0.1) is 11.6 Å². The van der Waals surface area contributed by atoms with Crippen LogP contribution >= 0.6 is 0 Å². The summed E-state index contributed by atoms with van der Waals surface area (Å²) in [5.41, 5.74) is -1.32. The van der Waals surface area contributed by atoms with Crippen molar-refractivity contribution in [2.75, 3.05) is 6.54 Å². The Kier molecular flexibility index (Phi) is 4.07. The number of hydrogen-bond acceptors (Lipinski definition) is 3. The van der Waals surface area contributed by atoms with E-state index in [-0.39, 0.29) is 12.6 Å². The van der Waals surface area contributed by atoms with Crippen LogP contribution in [0.25, 0.3) is 0 Å². The SMILES string of the molecule is CC(C)(O)C1CCCN1S(=O)(=O)c1cc(F)c(F)cc1F. The minimum Gasteiger partial charge on any atom is -0.389 e. The van der Waals surface area contributed by atoms with Crippen LogP contribution in [0.2, 0.25) is 0 Å². The third-order valence-corrected chi connectivity index (χ3v) is 5.50. The molecule has 1 saturated heterocycles. The Morgan fingerprint density at radius 1 is 1.19 bits per heavy atom. The largest absolute Gasteiger partial charge is 0.389 e. The van der Waals surface area contributed by atoms with E-state index >= 15 is 0 Å². The van der Waals surface area contributed by atoms with Gasteiger partial charge in [0.1, 0.15) is 10.7 Å². The van der Waals surface area contributed by atoms with Gasteiger partial charge in [0.15, 0.2) is 11.6 Å². The summed E-state index contributed by atoms with van der Waals surface area (Å²) in [6, 6.07) is -0.202. The van der Waals surface area contributed by atoms with Crippen LogP contribution in [0, 0.1) is 17.5 Å². The van der Waals surface area contributed by atoms with E-state index < -0.39 is 44.0 Å². The summed E-state index contributed by atoms with van der Waals surface area (Å²) >= 11 is 0. The normalized spacial score (nSPS) is 21.0. The molecule has 8 heteroatoms. The van der Waals surface area contributed by atoms with Gasteiger partial charge in [0.2, 0.25) is 10.0 Å². The second-order valence-corrected chi connectivity index (χ2v) is 7.48. The van der Waals surface area contributed by atoms with E-state index in [1.54, 1.807) is 0 Å². The fraction of sp³-hybridized carbons (Fsp3) is 0.538. The van der Waals surface area contributed by atoms with E-state index in [1.807, 2.05) is 0 Å². The van der Waals surface area contributed by atoms with Crippen molar-refractivity contribution in [3.05, 3.63) is 29.6 Å². The van der Waals surface area contributed by atoms with Gasteiger partial charge in [-0.25, -0.2) is 21.6 Å². The Morgan fingerprint density at radius 3 is 2.33 bits per heavy atom. The lowest BCUT2D eigenvalue weighted by atomic mass is 9.98. The highest BCUT2D eigenvalue weighted by Crippen LogP contribution is 2.33. The molecule has 4 nitrogen and oxygen atoms in total. The molecule has 21 heavy (non-hydrogen) atoms. The predicted molar refractivity (Wildman–Crippen MR) is 69.5 cm³/mol. The average molecular weight is 323 g/mol. The molecule has 0 spiro atoms. The van der Waals surface area contributed by atoms with E-state index in [1.165, 1.54) is 13.8 Å². The molecule has 1 aromatic carbocycles. The van der Waals surface area contributed by atoms with Crippen molar-refractivity contribution in [1.29, 1.82) is 0 Å². The smallest absolute Gasteiger partial charge is 0.246 e. The lowest BCUT2D eigenvalue weighted by molar-refractivity contribution is 0.0214. The number of benzene rings is 1. The van der Waals surface area contributed by atoms with Crippen LogP contribution in [-0.2, 0) is 10.0 Å². The third-order valence-electron chi connectivity index (χ3n) is 3.58. The molecule has 0 aromatic heterocycles. The molecule has 1 aliphatic rings. The molecule has 2 rings (SSSR count). The Morgan fingerprint density at radius 2 is 1.76 bits per heavy atom. The Balaban J connectivity index is 2.50. The first-order valence-electron chi connectivity index (χ1n) is 6.44. The predicted octanol–water partition coefficient (Wildman–Crippen LogP) is 2.03. The van der Waals surface area contributed by atoms with Crippen molar-refractivity contribution in [2.45, 2.75) is 43.2 Å². The first kappa shape index (κ1) is 16.3. The molecule has 1 N–H and O–H groups in total. The first-order valence-corrected chi connectivity index (χ1v) is 7.88. The highest BCUT2D eigenvalue weighted by molar-refractivity contribution is 7.89. The van der Waals surface area contributed by atoms with Crippen LogP contribution in [-0.4, -0.2) is 36.0 Å². The van der Waals surface area contributed by atoms with Gasteiger partial charge in [0, 0.05) is 12.6 Å². The van der Waals surface area contributed by atoms with Crippen LogP contribution in [0.4, 0.5) is 13.2 Å². The fourth-order valence-corrected chi connectivity index (χ4v) is 4.44. The molecule has 118 valence electrons. The molecule has 1 fully saturated rings. The molecule has 0 bridgehead atoms. The van der Waals surface area contributed by atoms with Crippen molar-refractivity contribution in [2.24, 2.45) is 0 Å². The van der Waals surface area contributed by atoms with Gasteiger partial charge in [0.25, 0.3) is 0 Å². The summed E-state index contributed by atoms with van der Waals surface area (Å²) in [5, 5.41) is 10.0. The molecular formula is C13H16F3NO3S. The van der Waals surface area contributed by atoms with Crippen molar-refractivity contribution in [3.8, 4) is 0 Å². The summed E-state index contributed by atoms with van der Waals surface area (Å²) in [6.45, 7) is 3.00. The van der Waals surface area contributed by atoms with Crippen LogP contribution in [0.1, 0.15) is 26.7 Å². The molecule has 1 unspecified atom stereocenters. The van der Waals surface area contributed by atoms with Gasteiger partial charge >= 0.3 is 0 Å². The van der Waals surface area contributed by atoms with Crippen molar-refractivity contribution >= 4 is 10.0 Å². The Labute approximate surface area is 121 Å². The number of halogens is 3. The average Bonchev–Trinajstić information content (AvgIpc) is 2.83. The molecule has 1 aliphatic heterocycles. The molecule has 1 aromatic rings. The summed E-state index contributed by atoms with van der Waals surface area (Å²) in [6.07, 6.45) is 0.910. The second kappa shape index (κ2) is 5.26. The fourth-order valence-electron chi connectivity index (χ4n) is 2.56. The number of rotatable bonds is 3. The third kappa shape index (κ3) is 2.93. The Hall–Kier alpha value is -1.12. The standard InChI is InChI=1S/C13H16F3NO3S/c1-13(2,18)12-4-3-5-17(12)21(19,20)11-7-9(15)8(14)6-10(11)16/h6-7,12,18H,3-5H2,1-2H3. The zero-order valence-electron chi connectivity index (χ0n) is 11.6. The topological polar surface area (TPSA) is 57.6 Å². The summed E-state index contributed by atoms with van der Waals surface area (Å²) in [4.78, 5) is -0.919. The van der Waals surface area contributed by atoms with E-state index in [2.05, 4.69) is 0 Å². The van der Waals surface area contributed by atoms with Gasteiger partial charge in [-0.15, -0.1) is 0 Å². The lowest BCUT2D eigenvalue weighted by Crippen LogP contribution is -2.48. The molecule has 1 atom stereocenters. The number of nitrogens with zero attached hydrogens (tertiary/aromatic N) is 1. The summed E-state index contributed by atoms with van der Waals surface area (Å²) < 4.78 is 65.8. The van der Waals surface area contributed by atoms with Gasteiger partial charge in [-0.2, -0.15) is 4.31 Å². The number of aliphatic hydroxyl groups is 1. The maximum absolute atomic E-state index is 13.7. The number of hydrogen-bond donors (Lipinski definition) is 1. The molecule has 0 radical (unpaired) electrons. The molecule has 0 aliphatic carbocycles. The van der Waals surface area contributed by atoms with E-state index in [9.17, 15) is 26.7 Å². The molecular weight excluding hydrogens is 307 g/mol. The zero-order chi connectivity index (χ0) is 16.0. The Bertz CT molecular complexity index is 655. The van der Waals surface area contributed by atoms with Gasteiger partial charge in [-0.05, 0) is 32.8 Å². The minimum atomic E-state index is -4.35. The quantitative estimate of drug-likeness (QED) is 0.866. The maximum atomic E-state index is 13.7. The van der Waals surface area contributed by atoms with E-state index in [0.717, 1.165) is 4.31 Å². The van der Waals surface area contributed by atoms with Gasteiger partial charge in [-0.1, -0.05) is 0 Å². The monoisotopic (exact) mass is 323 g/mol. The lowest BCUT2D eigenvalue weighted by Gasteiger charge is -2.33. The summed E-state index contributed by atoms with van der Waals surface area (Å²) in [7, 11) is -4.35. The van der Waals surface area contributed by atoms with Crippen molar-refractivity contribution in [1.82, 2.24) is 4.31 Å². The highest BCUT2D eigenvalue weighted by atomic mass is 32.2. The van der Waals surface area contributed by atoms with Crippen LogP contribution < -0.4 is 0 Å². The maximum Gasteiger partial charge on any atom is 0.246 e. The van der Waals surface area contributed by atoms with Gasteiger partial charge < -0.3 is 5.11 Å². The van der Waals surface area contributed by atoms with Crippen LogP contribution in [0.3, 0.4) is 0 Å². The molecule has 0 amide bonds. The molecule has 1 heterocycles. The second-order valence-electron chi connectivity index (χ2n) is 5.62. The highest BCUT2D eigenvalue weighted by Gasteiger charge is 2.43. The van der Waals surface area contributed by atoms with E-state index in [0.29, 0.717) is 18.9 Å². The molecule has 0 saturated carbocycles. The van der Waals surface area contributed by atoms with Crippen molar-refractivity contribution < 1.29 is 26.7 Å². The first-order chi connectivity index (χ1) is 9.55. The summed E-state index contributed by atoms with van der Waals surface area (Å²) in [5.74, 6) is -4.24. The minimum absolute atomic E-state index is 0.0927.